The molecule has 1 saturated carbocycles. The lowest BCUT2D eigenvalue weighted by atomic mass is 9.83. The molecule has 0 unspecified atom stereocenters. The fourth-order valence-corrected chi connectivity index (χ4v) is 4.01. The number of carbonyl (C=O) groups is 2. The van der Waals surface area contributed by atoms with Gasteiger partial charge in [0.05, 0.1) is 7.11 Å². The van der Waals surface area contributed by atoms with E-state index in [0.717, 1.165) is 57.2 Å². The number of hydrogen-bond donors (Lipinski definition) is 2. The second-order valence-electron chi connectivity index (χ2n) is 7.57. The SMILES string of the molecule is COC(=O)CCC1CCC(NC(=O)c2ccc(C3=CCNCC3)cc2)CC1.Cl. The van der Waals surface area contributed by atoms with Crippen molar-refractivity contribution in [3.8, 4) is 0 Å². The molecule has 0 atom stereocenters. The zero-order valence-corrected chi connectivity index (χ0v) is 17.4. The van der Waals surface area contributed by atoms with Crippen LogP contribution >= 0.6 is 12.4 Å². The van der Waals surface area contributed by atoms with E-state index in [4.69, 9.17) is 4.74 Å². The molecular formula is C22H31ClN2O3. The largest absolute Gasteiger partial charge is 0.469 e. The fraction of sp³-hybridized carbons (Fsp3) is 0.545. The van der Waals surface area contributed by atoms with Crippen LogP contribution in [0.4, 0.5) is 0 Å². The number of ether oxygens (including phenoxy) is 1. The van der Waals surface area contributed by atoms with Crippen LogP contribution in [0.1, 0.15) is 60.9 Å². The maximum absolute atomic E-state index is 12.5. The summed E-state index contributed by atoms with van der Waals surface area (Å²) in [7, 11) is 1.44. The highest BCUT2D eigenvalue weighted by molar-refractivity contribution is 5.94. The summed E-state index contributed by atoms with van der Waals surface area (Å²) >= 11 is 0. The first kappa shape index (κ1) is 22.4. The molecule has 0 saturated heterocycles. The van der Waals surface area contributed by atoms with Gasteiger partial charge in [-0.15, -0.1) is 12.4 Å². The third-order valence-corrected chi connectivity index (χ3v) is 5.75. The Morgan fingerprint density at radius 1 is 1.14 bits per heavy atom. The van der Waals surface area contributed by atoms with Gasteiger partial charge in [-0.3, -0.25) is 9.59 Å². The van der Waals surface area contributed by atoms with Gasteiger partial charge in [-0.25, -0.2) is 0 Å². The molecule has 0 aromatic heterocycles. The predicted molar refractivity (Wildman–Crippen MR) is 114 cm³/mol. The van der Waals surface area contributed by atoms with Crippen LogP contribution in [0.15, 0.2) is 30.3 Å². The van der Waals surface area contributed by atoms with E-state index in [-0.39, 0.29) is 30.3 Å². The van der Waals surface area contributed by atoms with E-state index in [1.54, 1.807) is 0 Å². The number of hydrogen-bond acceptors (Lipinski definition) is 4. The van der Waals surface area contributed by atoms with E-state index in [1.807, 2.05) is 12.1 Å². The average molecular weight is 407 g/mol. The van der Waals surface area contributed by atoms with Gasteiger partial charge in [0.1, 0.15) is 0 Å². The summed E-state index contributed by atoms with van der Waals surface area (Å²) in [4.78, 5) is 23.8. The van der Waals surface area contributed by atoms with E-state index >= 15 is 0 Å². The first-order chi connectivity index (χ1) is 13.2. The first-order valence-electron chi connectivity index (χ1n) is 10.0. The first-order valence-corrected chi connectivity index (χ1v) is 10.0. The summed E-state index contributed by atoms with van der Waals surface area (Å²) in [6.07, 6.45) is 8.72. The highest BCUT2D eigenvalue weighted by Gasteiger charge is 2.23. The molecule has 0 spiro atoms. The van der Waals surface area contributed by atoms with Crippen molar-refractivity contribution in [2.45, 2.75) is 51.0 Å². The maximum atomic E-state index is 12.5. The number of nitrogens with one attached hydrogen (secondary N) is 2. The summed E-state index contributed by atoms with van der Waals surface area (Å²) in [5.41, 5.74) is 3.28. The van der Waals surface area contributed by atoms with E-state index in [1.165, 1.54) is 18.2 Å². The van der Waals surface area contributed by atoms with E-state index < -0.39 is 0 Å². The van der Waals surface area contributed by atoms with Crippen LogP contribution in [0.3, 0.4) is 0 Å². The lowest BCUT2D eigenvalue weighted by molar-refractivity contribution is -0.141. The van der Waals surface area contributed by atoms with Gasteiger partial charge in [-0.05, 0) is 74.3 Å². The number of benzene rings is 1. The molecule has 1 fully saturated rings. The van der Waals surface area contributed by atoms with Gasteiger partial charge < -0.3 is 15.4 Å². The zero-order chi connectivity index (χ0) is 19.1. The minimum atomic E-state index is -0.130. The molecule has 1 aliphatic heterocycles. The van der Waals surface area contributed by atoms with Gasteiger partial charge in [0.2, 0.25) is 0 Å². The number of rotatable bonds is 6. The standard InChI is InChI=1S/C22H30N2O3.ClH/c1-27-21(25)11-4-16-2-9-20(10-3-16)24-22(26)19-7-5-17(6-8-19)18-12-14-23-15-13-18;/h5-8,12,16,20,23H,2-4,9-11,13-15H2,1H3,(H,24,26);1H. The molecule has 1 aliphatic carbocycles. The Labute approximate surface area is 173 Å². The van der Waals surface area contributed by atoms with Crippen molar-refractivity contribution in [2.24, 2.45) is 5.92 Å². The van der Waals surface area contributed by atoms with Crippen LogP contribution in [0.25, 0.3) is 5.57 Å². The Bertz CT molecular complexity index is 680. The monoisotopic (exact) mass is 406 g/mol. The molecule has 2 aliphatic rings. The highest BCUT2D eigenvalue weighted by Crippen LogP contribution is 2.28. The van der Waals surface area contributed by atoms with Gasteiger partial charge in [0.15, 0.2) is 0 Å². The molecule has 5 nitrogen and oxygen atoms in total. The molecule has 28 heavy (non-hydrogen) atoms. The minimum Gasteiger partial charge on any atom is -0.469 e. The molecule has 0 bridgehead atoms. The van der Waals surface area contributed by atoms with Gasteiger partial charge in [-0.1, -0.05) is 18.2 Å². The fourth-order valence-electron chi connectivity index (χ4n) is 4.01. The van der Waals surface area contributed by atoms with Crippen LogP contribution in [0, 0.1) is 5.92 Å². The van der Waals surface area contributed by atoms with E-state index in [2.05, 4.69) is 28.8 Å². The molecule has 154 valence electrons. The molecule has 0 radical (unpaired) electrons. The molecule has 3 rings (SSSR count). The minimum absolute atomic E-state index is 0. The van der Waals surface area contributed by atoms with Crippen molar-refractivity contribution in [3.63, 3.8) is 0 Å². The van der Waals surface area contributed by atoms with Crippen molar-refractivity contribution in [1.29, 1.82) is 0 Å². The Kier molecular flexibility index (Phi) is 9.00. The van der Waals surface area contributed by atoms with Crippen LogP contribution in [-0.4, -0.2) is 38.1 Å². The molecule has 1 amide bonds. The van der Waals surface area contributed by atoms with Crippen LogP contribution in [-0.2, 0) is 9.53 Å². The van der Waals surface area contributed by atoms with E-state index in [9.17, 15) is 9.59 Å². The topological polar surface area (TPSA) is 67.4 Å². The van der Waals surface area contributed by atoms with Gasteiger partial charge in [0, 0.05) is 24.6 Å². The van der Waals surface area contributed by atoms with Crippen molar-refractivity contribution in [1.82, 2.24) is 10.6 Å². The predicted octanol–water partition coefficient (Wildman–Crippen LogP) is 3.73. The Balaban J connectivity index is 0.00000280. The Morgan fingerprint density at radius 3 is 2.46 bits per heavy atom. The van der Waals surface area contributed by atoms with Crippen LogP contribution in [0.5, 0.6) is 0 Å². The number of methoxy groups -OCH3 is 1. The van der Waals surface area contributed by atoms with Gasteiger partial charge >= 0.3 is 5.97 Å². The lowest BCUT2D eigenvalue weighted by Crippen LogP contribution is -2.37. The molecule has 2 N–H and O–H groups in total. The van der Waals surface area contributed by atoms with E-state index in [0.29, 0.717) is 12.3 Å². The Hall–Kier alpha value is -1.85. The van der Waals surface area contributed by atoms with Crippen LogP contribution in [0.2, 0.25) is 0 Å². The average Bonchev–Trinajstić information content (AvgIpc) is 2.73. The summed E-state index contributed by atoms with van der Waals surface area (Å²) in [5, 5.41) is 6.49. The lowest BCUT2D eigenvalue weighted by Gasteiger charge is -2.29. The molecule has 1 aromatic carbocycles. The number of esters is 1. The number of amides is 1. The van der Waals surface area contributed by atoms with Crippen LogP contribution < -0.4 is 10.6 Å². The molecule has 1 aromatic rings. The smallest absolute Gasteiger partial charge is 0.305 e. The number of halogens is 1. The summed E-state index contributed by atoms with van der Waals surface area (Å²) in [5.74, 6) is 0.447. The third kappa shape index (κ3) is 6.35. The third-order valence-electron chi connectivity index (χ3n) is 5.75. The van der Waals surface area contributed by atoms with Crippen molar-refractivity contribution in [2.75, 3.05) is 20.2 Å². The van der Waals surface area contributed by atoms with Gasteiger partial charge in [-0.2, -0.15) is 0 Å². The zero-order valence-electron chi connectivity index (χ0n) is 16.5. The molecule has 1 heterocycles. The van der Waals surface area contributed by atoms with Gasteiger partial charge in [0.25, 0.3) is 5.91 Å². The summed E-state index contributed by atoms with van der Waals surface area (Å²) < 4.78 is 4.71. The Morgan fingerprint density at radius 2 is 1.86 bits per heavy atom. The molecular weight excluding hydrogens is 376 g/mol. The number of carbonyl (C=O) groups excluding carboxylic acids is 2. The normalized spacial score (nSPS) is 21.8. The van der Waals surface area contributed by atoms with Crippen molar-refractivity contribution >= 4 is 29.9 Å². The van der Waals surface area contributed by atoms with Crippen molar-refractivity contribution < 1.29 is 14.3 Å². The maximum Gasteiger partial charge on any atom is 0.305 e. The second kappa shape index (κ2) is 11.2. The second-order valence-corrected chi connectivity index (χ2v) is 7.57. The quantitative estimate of drug-likeness (QED) is 0.706. The summed E-state index contributed by atoms with van der Waals surface area (Å²) in [6, 6.07) is 8.19. The van der Waals surface area contributed by atoms with Crippen molar-refractivity contribution in [3.05, 3.63) is 41.5 Å². The highest BCUT2D eigenvalue weighted by atomic mass is 35.5. The molecule has 6 heteroatoms. The summed E-state index contributed by atoms with van der Waals surface area (Å²) in [6.45, 7) is 1.93.